The van der Waals surface area contributed by atoms with Gasteiger partial charge in [-0.2, -0.15) is 0 Å². The Morgan fingerprint density at radius 1 is 1.44 bits per heavy atom. The first-order valence-corrected chi connectivity index (χ1v) is 4.76. The van der Waals surface area contributed by atoms with Crippen LogP contribution in [0.4, 0.5) is 0 Å². The lowest BCUT2D eigenvalue weighted by molar-refractivity contribution is -0.167. The zero-order valence-electron chi connectivity index (χ0n) is 7.73. The smallest absolute Gasteiger partial charge is 0.345 e. The lowest BCUT2D eigenvalue weighted by Gasteiger charge is -2.15. The molecule has 0 aromatic heterocycles. The van der Waals surface area contributed by atoms with E-state index in [1.165, 1.54) is 12.3 Å². The van der Waals surface area contributed by atoms with Crippen molar-refractivity contribution in [3.8, 4) is 0 Å². The Hall–Kier alpha value is -1.58. The Labute approximate surface area is 93.9 Å². The predicted octanol–water partition coefficient (Wildman–Crippen LogP) is -1.59. The number of aliphatic carboxylic acids is 1. The molecule has 0 saturated heterocycles. The highest BCUT2D eigenvalue weighted by molar-refractivity contribution is 7.96. The van der Waals surface area contributed by atoms with Crippen LogP contribution in [-0.4, -0.2) is 45.7 Å². The molecule has 0 aromatic rings. The molecule has 0 amide bonds. The van der Waals surface area contributed by atoms with Gasteiger partial charge in [0.15, 0.2) is 12.2 Å². The van der Waals surface area contributed by atoms with Gasteiger partial charge in [-0.05, 0) is 0 Å². The Kier molecular flexibility index (Phi) is 4.28. The zero-order chi connectivity index (χ0) is 12.1. The van der Waals surface area contributed by atoms with Crippen LogP contribution in [0.5, 0.6) is 0 Å². The monoisotopic (exact) mass is 248 g/mol. The lowest BCUT2D eigenvalue weighted by atomic mass is 10.2. The van der Waals surface area contributed by atoms with Gasteiger partial charge in [-0.1, -0.05) is 0 Å². The van der Waals surface area contributed by atoms with Gasteiger partial charge >= 0.3 is 11.9 Å². The van der Waals surface area contributed by atoms with Crippen LogP contribution in [0, 0.1) is 0 Å². The number of hydrogen-bond donors (Lipinski definition) is 4. The molecule has 0 fully saturated rings. The summed E-state index contributed by atoms with van der Waals surface area (Å²) in [5, 5.41) is 26.3. The number of carbonyl (C=O) groups excluding carboxylic acids is 1. The second kappa shape index (κ2) is 5.49. The number of rotatable bonds is 4. The number of nitrogens with one attached hydrogen (secondary N) is 1. The molecule has 0 aromatic carbocycles. The normalized spacial score (nSPS) is 18.0. The lowest BCUT2D eigenvalue weighted by Crippen LogP contribution is -2.41. The van der Waals surface area contributed by atoms with Crippen LogP contribution in [0.1, 0.15) is 0 Å². The summed E-state index contributed by atoms with van der Waals surface area (Å²) in [6, 6.07) is 0. The molecule has 0 radical (unpaired) electrons. The summed E-state index contributed by atoms with van der Waals surface area (Å²) >= 11 is 0.885. The van der Waals surface area contributed by atoms with Crippen molar-refractivity contribution >= 4 is 30.3 Å². The van der Waals surface area contributed by atoms with E-state index < -0.39 is 24.1 Å². The van der Waals surface area contributed by atoms with Crippen molar-refractivity contribution in [3.05, 3.63) is 12.0 Å². The van der Waals surface area contributed by atoms with E-state index in [0.717, 1.165) is 12.1 Å². The molecule has 2 atom stereocenters. The quantitative estimate of drug-likeness (QED) is 0.346. The van der Waals surface area contributed by atoms with Crippen molar-refractivity contribution in [1.82, 2.24) is 4.72 Å². The fraction of sp³-hybridized carbons (Fsp3) is 0.286. The highest BCUT2D eigenvalue weighted by Gasteiger charge is 2.32. The van der Waals surface area contributed by atoms with Crippen molar-refractivity contribution in [2.24, 2.45) is 4.40 Å². The fourth-order valence-corrected chi connectivity index (χ4v) is 1.10. The molecular weight excluding hydrogens is 240 g/mol. The molecule has 9 heteroatoms. The Morgan fingerprint density at radius 3 is 2.62 bits per heavy atom. The van der Waals surface area contributed by atoms with Crippen LogP contribution in [0.25, 0.3) is 0 Å². The van der Waals surface area contributed by atoms with Gasteiger partial charge in [0.1, 0.15) is 0 Å². The predicted molar refractivity (Wildman–Crippen MR) is 53.0 cm³/mol. The molecule has 1 aliphatic rings. The van der Waals surface area contributed by atoms with Gasteiger partial charge in [-0.3, -0.25) is 4.72 Å². The molecule has 0 spiro atoms. The van der Waals surface area contributed by atoms with Gasteiger partial charge in [-0.25, -0.2) is 14.0 Å². The van der Waals surface area contributed by atoms with Gasteiger partial charge in [-0.15, -0.1) is 0 Å². The van der Waals surface area contributed by atoms with Gasteiger partial charge in [0.2, 0.25) is 5.88 Å². The van der Waals surface area contributed by atoms with Crippen LogP contribution in [0.3, 0.4) is 0 Å². The topological polar surface area (TPSA) is 128 Å². The molecule has 2 unspecified atom stereocenters. The summed E-state index contributed by atoms with van der Waals surface area (Å²) < 4.78 is 10.7. The molecule has 88 valence electrons. The highest BCUT2D eigenvalue weighted by Crippen LogP contribution is 2.08. The molecule has 1 aliphatic heterocycles. The number of ether oxygens (including phenoxy) is 1. The van der Waals surface area contributed by atoms with E-state index in [0.29, 0.717) is 0 Å². The number of carboxylic acids is 1. The van der Waals surface area contributed by atoms with Gasteiger partial charge in [0.25, 0.3) is 0 Å². The molecule has 0 aliphatic carbocycles. The third kappa shape index (κ3) is 3.22. The summed E-state index contributed by atoms with van der Waals surface area (Å²) in [5.74, 6) is -3.00. The second-order valence-corrected chi connectivity index (χ2v) is 3.23. The molecule has 0 bridgehead atoms. The summed E-state index contributed by atoms with van der Waals surface area (Å²) in [7, 11) is 0. The second-order valence-electron chi connectivity index (χ2n) is 2.63. The molecule has 1 rings (SSSR count). The standard InChI is InChI=1S/C7H8N2O6S/c10-4(6(12)13)5(11)7(14)15-3-1-2-8-16-9-3/h1-2,4-5,9-11H,(H,12,13). The van der Waals surface area contributed by atoms with Crippen LogP contribution in [-0.2, 0) is 14.3 Å². The van der Waals surface area contributed by atoms with Crippen LogP contribution in [0.15, 0.2) is 16.4 Å². The SMILES string of the molecule is O=C(O)C(O)C(O)C(=O)OC1=CC=NSN1. The number of aliphatic hydroxyl groups excluding tert-OH is 2. The minimum atomic E-state index is -2.22. The Balaban J connectivity index is 2.54. The number of carbonyl (C=O) groups is 2. The summed E-state index contributed by atoms with van der Waals surface area (Å²) in [4.78, 5) is 21.4. The Morgan fingerprint density at radius 2 is 2.12 bits per heavy atom. The van der Waals surface area contributed by atoms with Gasteiger partial charge in [0, 0.05) is 12.3 Å². The molecular formula is C7H8N2O6S. The van der Waals surface area contributed by atoms with Crippen molar-refractivity contribution in [3.63, 3.8) is 0 Å². The van der Waals surface area contributed by atoms with Crippen LogP contribution in [0.2, 0.25) is 0 Å². The summed E-state index contributed by atoms with van der Waals surface area (Å²) in [5.41, 5.74) is 0. The molecule has 16 heavy (non-hydrogen) atoms. The maximum absolute atomic E-state index is 11.1. The van der Waals surface area contributed by atoms with Crippen molar-refractivity contribution in [1.29, 1.82) is 0 Å². The first-order valence-electron chi connectivity index (χ1n) is 3.98. The van der Waals surface area contributed by atoms with E-state index >= 15 is 0 Å². The van der Waals surface area contributed by atoms with E-state index in [-0.39, 0.29) is 5.88 Å². The average Bonchev–Trinajstić information content (AvgIpc) is 2.28. The number of carboxylic acid groups (broad SMARTS) is 1. The van der Waals surface area contributed by atoms with Crippen molar-refractivity contribution in [2.45, 2.75) is 12.2 Å². The average molecular weight is 248 g/mol. The first-order chi connectivity index (χ1) is 7.52. The Bertz CT molecular complexity index is 355. The maximum atomic E-state index is 11.1. The van der Waals surface area contributed by atoms with E-state index in [4.69, 9.17) is 15.3 Å². The highest BCUT2D eigenvalue weighted by atomic mass is 32.2. The number of hydrogen-bond acceptors (Lipinski definition) is 8. The zero-order valence-corrected chi connectivity index (χ0v) is 8.55. The first kappa shape index (κ1) is 12.5. The van der Waals surface area contributed by atoms with E-state index in [1.54, 1.807) is 0 Å². The molecule has 4 N–H and O–H groups in total. The largest absolute Gasteiger partial charge is 0.479 e. The number of esters is 1. The summed E-state index contributed by atoms with van der Waals surface area (Å²) in [6.07, 6.45) is -1.74. The third-order valence-corrected chi connectivity index (χ3v) is 2.01. The van der Waals surface area contributed by atoms with Gasteiger partial charge in [0.05, 0.1) is 12.1 Å². The molecule has 8 nitrogen and oxygen atoms in total. The van der Waals surface area contributed by atoms with E-state index in [2.05, 4.69) is 13.9 Å². The fourth-order valence-electron chi connectivity index (χ4n) is 0.721. The minimum absolute atomic E-state index is 0.0124. The minimum Gasteiger partial charge on any atom is -0.479 e. The molecule has 0 saturated carbocycles. The van der Waals surface area contributed by atoms with Crippen LogP contribution >= 0.6 is 12.1 Å². The van der Waals surface area contributed by atoms with Crippen LogP contribution < -0.4 is 4.72 Å². The number of aliphatic hydroxyl groups is 2. The number of allylic oxidation sites excluding steroid dienone is 1. The summed E-state index contributed by atoms with van der Waals surface area (Å²) in [6.45, 7) is 0. The van der Waals surface area contributed by atoms with Gasteiger partial charge < -0.3 is 20.1 Å². The maximum Gasteiger partial charge on any atom is 0.345 e. The van der Waals surface area contributed by atoms with E-state index in [1.807, 2.05) is 0 Å². The van der Waals surface area contributed by atoms with Crippen molar-refractivity contribution < 1.29 is 29.6 Å². The molecule has 1 heterocycles. The van der Waals surface area contributed by atoms with Crippen molar-refractivity contribution in [2.75, 3.05) is 0 Å². The third-order valence-electron chi connectivity index (χ3n) is 1.49. The van der Waals surface area contributed by atoms with E-state index in [9.17, 15) is 9.59 Å². The number of nitrogens with zero attached hydrogens (tertiary/aromatic N) is 1.